The van der Waals surface area contributed by atoms with Gasteiger partial charge in [0.05, 0.1) is 6.61 Å². The lowest BCUT2D eigenvalue weighted by molar-refractivity contribution is 0.114. The molecule has 1 unspecified atom stereocenters. The van der Waals surface area contributed by atoms with Crippen molar-refractivity contribution in [3.05, 3.63) is 11.7 Å². The lowest BCUT2D eigenvalue weighted by Crippen LogP contribution is -2.35. The normalized spacial score (nSPS) is 12.8. The van der Waals surface area contributed by atoms with Crippen LogP contribution < -0.4 is 5.32 Å². The van der Waals surface area contributed by atoms with Crippen LogP contribution in [0.15, 0.2) is 4.52 Å². The Hall–Kier alpha value is -0.980. The second-order valence-corrected chi connectivity index (χ2v) is 4.47. The minimum absolute atomic E-state index is 0.204. The molecule has 1 N–H and O–H groups in total. The van der Waals surface area contributed by atoms with E-state index in [1.54, 1.807) is 7.11 Å². The molecular formula is C13H25N3O3. The van der Waals surface area contributed by atoms with Gasteiger partial charge in [0.25, 0.3) is 0 Å². The molecule has 0 amide bonds. The molecule has 0 spiro atoms. The van der Waals surface area contributed by atoms with Gasteiger partial charge in [0.15, 0.2) is 5.82 Å². The third kappa shape index (κ3) is 6.66. The standard InChI is InChI=1S/C13H25N3O3/c1-4-6-14-11(9-17-3)8-13-15-12(16-19-13)10-18-7-5-2/h11,14H,4-10H2,1-3H3. The maximum Gasteiger partial charge on any atom is 0.228 e. The van der Waals surface area contributed by atoms with Crippen molar-refractivity contribution < 1.29 is 14.0 Å². The maximum atomic E-state index is 5.37. The molecule has 1 heterocycles. The van der Waals surface area contributed by atoms with Gasteiger partial charge in [0.1, 0.15) is 6.61 Å². The zero-order chi connectivity index (χ0) is 13.9. The van der Waals surface area contributed by atoms with Gasteiger partial charge in [-0.25, -0.2) is 0 Å². The number of nitrogens with one attached hydrogen (secondary N) is 1. The van der Waals surface area contributed by atoms with Gasteiger partial charge in [0.2, 0.25) is 5.89 Å². The second-order valence-electron chi connectivity index (χ2n) is 4.47. The number of rotatable bonds is 11. The lowest BCUT2D eigenvalue weighted by atomic mass is 10.2. The maximum absolute atomic E-state index is 5.37. The predicted octanol–water partition coefficient (Wildman–Crippen LogP) is 1.55. The van der Waals surface area contributed by atoms with Crippen LogP contribution in [0, 0.1) is 0 Å². The molecular weight excluding hydrogens is 246 g/mol. The molecule has 0 bridgehead atoms. The molecule has 19 heavy (non-hydrogen) atoms. The average Bonchev–Trinajstić information content (AvgIpc) is 2.84. The van der Waals surface area contributed by atoms with E-state index in [1.165, 1.54) is 0 Å². The predicted molar refractivity (Wildman–Crippen MR) is 71.9 cm³/mol. The van der Waals surface area contributed by atoms with Gasteiger partial charge in [-0.05, 0) is 19.4 Å². The van der Waals surface area contributed by atoms with Crippen molar-refractivity contribution in [1.29, 1.82) is 0 Å². The first kappa shape index (κ1) is 16.1. The molecule has 110 valence electrons. The minimum atomic E-state index is 0.204. The summed E-state index contributed by atoms with van der Waals surface area (Å²) in [5.74, 6) is 1.23. The number of nitrogens with zero attached hydrogens (tertiary/aromatic N) is 2. The highest BCUT2D eigenvalue weighted by Crippen LogP contribution is 2.04. The Morgan fingerprint density at radius 2 is 2.16 bits per heavy atom. The lowest BCUT2D eigenvalue weighted by Gasteiger charge is -2.15. The number of methoxy groups -OCH3 is 1. The van der Waals surface area contributed by atoms with Crippen molar-refractivity contribution in [3.63, 3.8) is 0 Å². The SMILES string of the molecule is CCCNC(COC)Cc1nc(COCCC)no1. The monoisotopic (exact) mass is 271 g/mol. The molecule has 1 rings (SSSR count). The fourth-order valence-electron chi connectivity index (χ4n) is 1.69. The van der Waals surface area contributed by atoms with Crippen LogP contribution in [0.5, 0.6) is 0 Å². The summed E-state index contributed by atoms with van der Waals surface area (Å²) in [6.45, 7) is 6.91. The summed E-state index contributed by atoms with van der Waals surface area (Å²) in [4.78, 5) is 4.31. The van der Waals surface area contributed by atoms with E-state index in [1.807, 2.05) is 0 Å². The molecule has 0 saturated carbocycles. The molecule has 0 radical (unpaired) electrons. The van der Waals surface area contributed by atoms with E-state index >= 15 is 0 Å². The van der Waals surface area contributed by atoms with Gasteiger partial charge < -0.3 is 19.3 Å². The summed E-state index contributed by atoms with van der Waals surface area (Å²) in [5.41, 5.74) is 0. The largest absolute Gasteiger partial charge is 0.383 e. The van der Waals surface area contributed by atoms with Crippen LogP contribution in [0.4, 0.5) is 0 Å². The van der Waals surface area contributed by atoms with E-state index in [0.717, 1.165) is 19.4 Å². The van der Waals surface area contributed by atoms with Gasteiger partial charge in [-0.15, -0.1) is 0 Å². The number of hydrogen-bond acceptors (Lipinski definition) is 6. The Labute approximate surface area is 114 Å². The first-order valence-electron chi connectivity index (χ1n) is 6.91. The van der Waals surface area contributed by atoms with Crippen molar-refractivity contribution in [2.45, 2.75) is 45.8 Å². The Morgan fingerprint density at radius 1 is 1.32 bits per heavy atom. The fourth-order valence-corrected chi connectivity index (χ4v) is 1.69. The van der Waals surface area contributed by atoms with E-state index in [0.29, 0.717) is 38.0 Å². The third-order valence-electron chi connectivity index (χ3n) is 2.56. The van der Waals surface area contributed by atoms with Crippen molar-refractivity contribution in [2.24, 2.45) is 0 Å². The van der Waals surface area contributed by atoms with E-state index < -0.39 is 0 Å². The topological polar surface area (TPSA) is 69.4 Å². The fraction of sp³-hybridized carbons (Fsp3) is 0.846. The van der Waals surface area contributed by atoms with Gasteiger partial charge in [-0.3, -0.25) is 0 Å². The Bertz CT molecular complexity index is 331. The number of aromatic nitrogens is 2. The molecule has 0 aliphatic rings. The van der Waals surface area contributed by atoms with E-state index in [-0.39, 0.29) is 6.04 Å². The Morgan fingerprint density at radius 3 is 2.84 bits per heavy atom. The molecule has 0 fully saturated rings. The third-order valence-corrected chi connectivity index (χ3v) is 2.56. The molecule has 0 aromatic carbocycles. The van der Waals surface area contributed by atoms with E-state index in [2.05, 4.69) is 29.3 Å². The van der Waals surface area contributed by atoms with E-state index in [4.69, 9.17) is 14.0 Å². The Kier molecular flexibility index (Phi) is 8.36. The van der Waals surface area contributed by atoms with Crippen LogP contribution in [0.3, 0.4) is 0 Å². The minimum Gasteiger partial charge on any atom is -0.383 e. The molecule has 1 aromatic rings. The molecule has 0 aliphatic heterocycles. The molecule has 1 aromatic heterocycles. The molecule has 6 heteroatoms. The van der Waals surface area contributed by atoms with Crippen LogP contribution in [0.2, 0.25) is 0 Å². The average molecular weight is 271 g/mol. The van der Waals surface area contributed by atoms with Crippen LogP contribution in [0.25, 0.3) is 0 Å². The van der Waals surface area contributed by atoms with Gasteiger partial charge >= 0.3 is 0 Å². The number of hydrogen-bond donors (Lipinski definition) is 1. The van der Waals surface area contributed by atoms with Gasteiger partial charge in [0, 0.05) is 26.2 Å². The van der Waals surface area contributed by atoms with Crippen LogP contribution in [0.1, 0.15) is 38.4 Å². The van der Waals surface area contributed by atoms with Crippen molar-refractivity contribution in [2.75, 3.05) is 26.9 Å². The van der Waals surface area contributed by atoms with E-state index in [9.17, 15) is 0 Å². The Balaban J connectivity index is 2.40. The zero-order valence-electron chi connectivity index (χ0n) is 12.1. The molecule has 0 aliphatic carbocycles. The smallest absolute Gasteiger partial charge is 0.228 e. The molecule has 0 saturated heterocycles. The van der Waals surface area contributed by atoms with Crippen LogP contribution >= 0.6 is 0 Å². The van der Waals surface area contributed by atoms with Crippen molar-refractivity contribution in [1.82, 2.24) is 15.5 Å². The first-order valence-corrected chi connectivity index (χ1v) is 6.91. The second kappa shape index (κ2) is 9.89. The van der Waals surface area contributed by atoms with Gasteiger partial charge in [-0.1, -0.05) is 19.0 Å². The molecule has 6 nitrogen and oxygen atoms in total. The van der Waals surface area contributed by atoms with Crippen molar-refractivity contribution >= 4 is 0 Å². The zero-order valence-corrected chi connectivity index (χ0v) is 12.1. The highest BCUT2D eigenvalue weighted by molar-refractivity contribution is 4.88. The summed E-state index contributed by atoms with van der Waals surface area (Å²) < 4.78 is 15.8. The summed E-state index contributed by atoms with van der Waals surface area (Å²) >= 11 is 0. The highest BCUT2D eigenvalue weighted by atomic mass is 16.5. The molecule has 1 atom stereocenters. The summed E-state index contributed by atoms with van der Waals surface area (Å²) in [6.07, 6.45) is 2.75. The highest BCUT2D eigenvalue weighted by Gasteiger charge is 2.14. The van der Waals surface area contributed by atoms with Crippen molar-refractivity contribution in [3.8, 4) is 0 Å². The summed E-state index contributed by atoms with van der Waals surface area (Å²) in [7, 11) is 1.69. The van der Waals surface area contributed by atoms with Crippen LogP contribution in [-0.4, -0.2) is 43.1 Å². The van der Waals surface area contributed by atoms with Gasteiger partial charge in [-0.2, -0.15) is 4.98 Å². The summed E-state index contributed by atoms with van der Waals surface area (Å²) in [5, 5.41) is 7.30. The quantitative estimate of drug-likeness (QED) is 0.616. The summed E-state index contributed by atoms with van der Waals surface area (Å²) in [6, 6.07) is 0.204. The van der Waals surface area contributed by atoms with Crippen LogP contribution in [-0.2, 0) is 22.5 Å². The number of ether oxygens (including phenoxy) is 2. The first-order chi connectivity index (χ1) is 9.30.